The summed E-state index contributed by atoms with van der Waals surface area (Å²) in [5, 5.41) is 16.1. The Morgan fingerprint density at radius 3 is 2.67 bits per heavy atom. The van der Waals surface area contributed by atoms with Crippen LogP contribution in [0.25, 0.3) is 0 Å². The topological polar surface area (TPSA) is 86.3 Å². The van der Waals surface area contributed by atoms with Crippen LogP contribution in [-0.2, 0) is 17.8 Å². The van der Waals surface area contributed by atoms with E-state index in [0.29, 0.717) is 6.42 Å². The number of aromatic nitrogens is 2. The minimum Gasteiger partial charge on any atom is -0.480 e. The number of carbonyl (C=O) groups is 2. The zero-order valence-electron chi connectivity index (χ0n) is 11.5. The lowest BCUT2D eigenvalue weighted by molar-refractivity contribution is -0.142. The van der Waals surface area contributed by atoms with Gasteiger partial charge in [0.25, 0.3) is 5.91 Å². The van der Waals surface area contributed by atoms with Crippen molar-refractivity contribution in [2.24, 2.45) is 0 Å². The number of amides is 1. The molecule has 1 unspecified atom stereocenters. The highest BCUT2D eigenvalue weighted by atomic mass is 16.4. The number of aryl methyl sites for hydroxylation is 1. The van der Waals surface area contributed by atoms with Crippen molar-refractivity contribution in [1.82, 2.24) is 15.1 Å². The van der Waals surface area contributed by atoms with Gasteiger partial charge in [-0.25, -0.2) is 4.79 Å². The second-order valence-corrected chi connectivity index (χ2v) is 5.20. The number of hydrogen-bond donors (Lipinski definition) is 2. The molecular formula is C15H15N3O3. The third kappa shape index (κ3) is 2.40. The van der Waals surface area contributed by atoms with E-state index in [9.17, 15) is 14.7 Å². The fourth-order valence-corrected chi connectivity index (χ4v) is 2.63. The van der Waals surface area contributed by atoms with Crippen molar-refractivity contribution >= 4 is 11.9 Å². The summed E-state index contributed by atoms with van der Waals surface area (Å²) >= 11 is 0. The van der Waals surface area contributed by atoms with Crippen LogP contribution in [0.4, 0.5) is 0 Å². The molecule has 6 nitrogen and oxygen atoms in total. The van der Waals surface area contributed by atoms with Crippen molar-refractivity contribution in [3.05, 3.63) is 52.8 Å². The zero-order valence-corrected chi connectivity index (χ0v) is 11.5. The van der Waals surface area contributed by atoms with Gasteiger partial charge in [0, 0.05) is 18.7 Å². The number of rotatable bonds is 2. The predicted octanol–water partition coefficient (Wildman–Crippen LogP) is 1.37. The van der Waals surface area contributed by atoms with E-state index >= 15 is 0 Å². The van der Waals surface area contributed by atoms with Crippen LogP contribution in [0.2, 0.25) is 0 Å². The number of carboxylic acid groups (broad SMARTS) is 1. The van der Waals surface area contributed by atoms with Crippen LogP contribution < -0.4 is 0 Å². The Kier molecular flexibility index (Phi) is 3.21. The number of nitrogens with zero attached hydrogens (tertiary/aromatic N) is 2. The molecule has 1 amide bonds. The van der Waals surface area contributed by atoms with E-state index in [0.717, 1.165) is 16.8 Å². The van der Waals surface area contributed by atoms with Crippen molar-refractivity contribution in [3.63, 3.8) is 0 Å². The van der Waals surface area contributed by atoms with Gasteiger partial charge in [-0.15, -0.1) is 0 Å². The maximum atomic E-state index is 12.5. The summed E-state index contributed by atoms with van der Waals surface area (Å²) in [4.78, 5) is 25.4. The number of carbonyl (C=O) groups excluding carboxylic acids is 1. The summed E-state index contributed by atoms with van der Waals surface area (Å²) in [6, 6.07) is 8.37. The van der Waals surface area contributed by atoms with Crippen LogP contribution in [-0.4, -0.2) is 38.1 Å². The minimum absolute atomic E-state index is 0.248. The lowest BCUT2D eigenvalue weighted by Crippen LogP contribution is -2.48. The molecule has 0 aliphatic carbocycles. The highest BCUT2D eigenvalue weighted by molar-refractivity contribution is 5.95. The highest BCUT2D eigenvalue weighted by Gasteiger charge is 2.35. The fraction of sp³-hybridized carbons (Fsp3) is 0.267. The third-order valence-corrected chi connectivity index (χ3v) is 3.72. The Morgan fingerprint density at radius 1 is 1.33 bits per heavy atom. The second kappa shape index (κ2) is 5.05. The summed E-state index contributed by atoms with van der Waals surface area (Å²) in [5.41, 5.74) is 2.98. The van der Waals surface area contributed by atoms with Crippen LogP contribution in [0.1, 0.15) is 27.3 Å². The predicted molar refractivity (Wildman–Crippen MR) is 74.8 cm³/mol. The van der Waals surface area contributed by atoms with E-state index in [2.05, 4.69) is 10.2 Å². The van der Waals surface area contributed by atoms with Gasteiger partial charge in [-0.3, -0.25) is 9.89 Å². The standard InChI is InChI=1S/C15H15N3O3/c1-9-6-12(17-16-9)14(19)18-8-11-5-3-2-4-10(11)7-13(18)15(20)21/h2-6,13H,7-8H2,1H3,(H,16,17)(H,20,21). The number of nitrogens with one attached hydrogen (secondary N) is 1. The van der Waals surface area contributed by atoms with Gasteiger partial charge in [0.1, 0.15) is 11.7 Å². The van der Waals surface area contributed by atoms with E-state index in [1.807, 2.05) is 24.3 Å². The first-order valence-corrected chi connectivity index (χ1v) is 6.69. The largest absolute Gasteiger partial charge is 0.480 e. The van der Waals surface area contributed by atoms with Gasteiger partial charge >= 0.3 is 5.97 Å². The third-order valence-electron chi connectivity index (χ3n) is 3.72. The zero-order chi connectivity index (χ0) is 15.0. The molecule has 2 N–H and O–H groups in total. The van der Waals surface area contributed by atoms with E-state index in [4.69, 9.17) is 0 Å². The molecule has 21 heavy (non-hydrogen) atoms. The van der Waals surface area contributed by atoms with Crippen LogP contribution in [0.5, 0.6) is 0 Å². The molecule has 3 rings (SSSR count). The summed E-state index contributed by atoms with van der Waals surface area (Å²) in [6.45, 7) is 2.09. The molecule has 108 valence electrons. The first-order valence-electron chi connectivity index (χ1n) is 6.69. The first-order chi connectivity index (χ1) is 10.1. The Morgan fingerprint density at radius 2 is 2.05 bits per heavy atom. The quantitative estimate of drug-likeness (QED) is 0.872. The van der Waals surface area contributed by atoms with E-state index < -0.39 is 12.0 Å². The lowest BCUT2D eigenvalue weighted by atomic mass is 9.93. The van der Waals surface area contributed by atoms with E-state index in [1.54, 1.807) is 13.0 Å². The number of fused-ring (bicyclic) bond motifs is 1. The first kappa shape index (κ1) is 13.4. The summed E-state index contributed by atoms with van der Waals surface area (Å²) < 4.78 is 0. The number of benzene rings is 1. The molecule has 2 aromatic rings. The maximum Gasteiger partial charge on any atom is 0.326 e. The molecule has 0 radical (unpaired) electrons. The fourth-order valence-electron chi connectivity index (χ4n) is 2.63. The molecule has 0 fully saturated rings. The molecule has 1 aliphatic heterocycles. The number of aliphatic carboxylic acids is 1. The van der Waals surface area contributed by atoms with Crippen molar-refractivity contribution in [2.45, 2.75) is 25.9 Å². The number of carboxylic acids is 1. The average Bonchev–Trinajstić information content (AvgIpc) is 2.91. The molecular weight excluding hydrogens is 270 g/mol. The van der Waals surface area contributed by atoms with Crippen LogP contribution in [0, 0.1) is 6.92 Å². The lowest BCUT2D eigenvalue weighted by Gasteiger charge is -2.33. The van der Waals surface area contributed by atoms with Gasteiger partial charge in [0.2, 0.25) is 0 Å². The van der Waals surface area contributed by atoms with Gasteiger partial charge in [-0.2, -0.15) is 5.10 Å². The van der Waals surface area contributed by atoms with Crippen molar-refractivity contribution in [1.29, 1.82) is 0 Å². The Hall–Kier alpha value is -2.63. The SMILES string of the molecule is Cc1cc(C(=O)N2Cc3ccccc3CC2C(=O)O)n[nH]1. The molecule has 1 atom stereocenters. The molecule has 0 spiro atoms. The summed E-state index contributed by atoms with van der Waals surface area (Å²) in [6.07, 6.45) is 0.320. The van der Waals surface area contributed by atoms with E-state index in [1.165, 1.54) is 4.90 Å². The smallest absolute Gasteiger partial charge is 0.326 e. The van der Waals surface area contributed by atoms with Crippen LogP contribution >= 0.6 is 0 Å². The molecule has 1 aromatic carbocycles. The molecule has 2 heterocycles. The molecule has 1 aliphatic rings. The van der Waals surface area contributed by atoms with Crippen molar-refractivity contribution in [3.8, 4) is 0 Å². The Bertz CT molecular complexity index is 708. The number of H-pyrrole nitrogens is 1. The molecule has 0 saturated heterocycles. The maximum absolute atomic E-state index is 12.5. The van der Waals surface area contributed by atoms with Crippen LogP contribution in [0.3, 0.4) is 0 Å². The summed E-state index contributed by atoms with van der Waals surface area (Å²) in [5.74, 6) is -1.36. The number of hydrogen-bond acceptors (Lipinski definition) is 3. The van der Waals surface area contributed by atoms with Crippen molar-refractivity contribution in [2.75, 3.05) is 0 Å². The summed E-state index contributed by atoms with van der Waals surface area (Å²) in [7, 11) is 0. The molecule has 6 heteroatoms. The van der Waals surface area contributed by atoms with Gasteiger partial charge in [0.15, 0.2) is 0 Å². The monoisotopic (exact) mass is 285 g/mol. The Balaban J connectivity index is 1.96. The van der Waals surface area contributed by atoms with Gasteiger partial charge in [-0.05, 0) is 24.1 Å². The van der Waals surface area contributed by atoms with Crippen molar-refractivity contribution < 1.29 is 14.7 Å². The van der Waals surface area contributed by atoms with Gasteiger partial charge in [0.05, 0.1) is 0 Å². The minimum atomic E-state index is -0.995. The normalized spacial score (nSPS) is 17.4. The number of aromatic amines is 1. The van der Waals surface area contributed by atoms with Gasteiger partial charge in [-0.1, -0.05) is 24.3 Å². The highest BCUT2D eigenvalue weighted by Crippen LogP contribution is 2.24. The Labute approximate surface area is 121 Å². The molecule has 1 aromatic heterocycles. The van der Waals surface area contributed by atoms with Crippen LogP contribution in [0.15, 0.2) is 30.3 Å². The molecule has 0 bridgehead atoms. The van der Waals surface area contributed by atoms with Gasteiger partial charge < -0.3 is 10.0 Å². The average molecular weight is 285 g/mol. The molecule has 0 saturated carbocycles. The second-order valence-electron chi connectivity index (χ2n) is 5.20. The van der Waals surface area contributed by atoms with E-state index in [-0.39, 0.29) is 18.1 Å².